The van der Waals surface area contributed by atoms with Crippen molar-refractivity contribution in [3.63, 3.8) is 0 Å². The lowest BCUT2D eigenvalue weighted by molar-refractivity contribution is -0.274. The van der Waals surface area contributed by atoms with Crippen LogP contribution in [0.5, 0.6) is 5.75 Å². The maximum absolute atomic E-state index is 12.6. The number of ether oxygens (including phenoxy) is 1. The Bertz CT molecular complexity index is 836. The lowest BCUT2D eigenvalue weighted by Crippen LogP contribution is -2.43. The molecule has 2 heterocycles. The minimum atomic E-state index is -4.72. The van der Waals surface area contributed by atoms with Gasteiger partial charge in [0.15, 0.2) is 0 Å². The summed E-state index contributed by atoms with van der Waals surface area (Å²) >= 11 is 0. The van der Waals surface area contributed by atoms with E-state index in [2.05, 4.69) is 20.0 Å². The number of anilines is 1. The normalized spacial score (nSPS) is 17.1. The Morgan fingerprint density at radius 3 is 2.48 bits per heavy atom. The molecular formula is C20H23F3N4O2. The van der Waals surface area contributed by atoms with Gasteiger partial charge in [0.25, 0.3) is 0 Å². The van der Waals surface area contributed by atoms with E-state index in [0.29, 0.717) is 18.1 Å². The first-order valence-corrected chi connectivity index (χ1v) is 9.39. The van der Waals surface area contributed by atoms with E-state index in [9.17, 15) is 18.0 Å². The number of rotatable bonds is 5. The van der Waals surface area contributed by atoms with Gasteiger partial charge in [0.2, 0.25) is 11.9 Å². The number of nitrogens with zero attached hydrogens (tertiary/aromatic N) is 3. The second kappa shape index (κ2) is 8.67. The lowest BCUT2D eigenvalue weighted by Gasteiger charge is -2.32. The number of amides is 1. The molecule has 3 rings (SSSR count). The second-order valence-electron chi connectivity index (χ2n) is 7.15. The van der Waals surface area contributed by atoms with E-state index >= 15 is 0 Å². The van der Waals surface area contributed by atoms with E-state index in [-0.39, 0.29) is 24.1 Å². The zero-order chi connectivity index (χ0) is 21.0. The van der Waals surface area contributed by atoms with Crippen molar-refractivity contribution in [3.05, 3.63) is 47.3 Å². The largest absolute Gasteiger partial charge is 0.573 e. The lowest BCUT2D eigenvalue weighted by atomic mass is 9.97. The molecule has 0 spiro atoms. The van der Waals surface area contributed by atoms with Crippen LogP contribution in [0.3, 0.4) is 0 Å². The zero-order valence-corrected chi connectivity index (χ0v) is 16.3. The molecule has 1 amide bonds. The van der Waals surface area contributed by atoms with E-state index < -0.39 is 6.36 Å². The molecule has 1 fully saturated rings. The predicted molar refractivity (Wildman–Crippen MR) is 101 cm³/mol. The summed E-state index contributed by atoms with van der Waals surface area (Å²) in [5.41, 5.74) is 2.47. The Balaban J connectivity index is 1.55. The summed E-state index contributed by atoms with van der Waals surface area (Å²) in [5, 5.41) is 2.86. The molecule has 1 saturated heterocycles. The third-order valence-electron chi connectivity index (χ3n) is 4.67. The average molecular weight is 408 g/mol. The standard InChI is InChI=1S/C20H23F3N4O2/c1-13-10-14(2)26-19(25-13)27-9-3-4-16(12-27)18(28)24-11-15-5-7-17(8-6-15)29-20(21,22)23/h5-8,10,16H,3-4,9,11-12H2,1-2H3,(H,24,28). The van der Waals surface area contributed by atoms with Gasteiger partial charge in [-0.1, -0.05) is 12.1 Å². The van der Waals surface area contributed by atoms with Crippen molar-refractivity contribution in [3.8, 4) is 5.75 Å². The number of benzene rings is 1. The van der Waals surface area contributed by atoms with Gasteiger partial charge in [0.05, 0.1) is 5.92 Å². The van der Waals surface area contributed by atoms with E-state index in [1.807, 2.05) is 24.8 Å². The average Bonchev–Trinajstić information content (AvgIpc) is 2.65. The highest BCUT2D eigenvalue weighted by molar-refractivity contribution is 5.79. The molecule has 9 heteroatoms. The maximum Gasteiger partial charge on any atom is 0.573 e. The number of carbonyl (C=O) groups excluding carboxylic acids is 1. The molecule has 0 saturated carbocycles. The molecule has 156 valence electrons. The van der Waals surface area contributed by atoms with Crippen molar-refractivity contribution in [1.29, 1.82) is 0 Å². The summed E-state index contributed by atoms with van der Waals surface area (Å²) < 4.78 is 40.5. The second-order valence-corrected chi connectivity index (χ2v) is 7.15. The van der Waals surface area contributed by atoms with Crippen molar-refractivity contribution >= 4 is 11.9 Å². The number of halogens is 3. The van der Waals surface area contributed by atoms with Gasteiger partial charge >= 0.3 is 6.36 Å². The van der Waals surface area contributed by atoms with E-state index in [0.717, 1.165) is 30.8 Å². The first-order valence-electron chi connectivity index (χ1n) is 9.39. The van der Waals surface area contributed by atoms with Crippen LogP contribution in [-0.2, 0) is 11.3 Å². The monoisotopic (exact) mass is 408 g/mol. The number of piperidine rings is 1. The molecule has 6 nitrogen and oxygen atoms in total. The first kappa shape index (κ1) is 20.9. The summed E-state index contributed by atoms with van der Waals surface area (Å²) in [4.78, 5) is 23.5. The first-order chi connectivity index (χ1) is 13.7. The van der Waals surface area contributed by atoms with Crippen molar-refractivity contribution in [2.24, 2.45) is 5.92 Å². The Morgan fingerprint density at radius 1 is 1.21 bits per heavy atom. The van der Waals surface area contributed by atoms with E-state index in [1.54, 1.807) is 0 Å². The quantitative estimate of drug-likeness (QED) is 0.820. The molecule has 0 bridgehead atoms. The highest BCUT2D eigenvalue weighted by Crippen LogP contribution is 2.23. The fraction of sp³-hybridized carbons (Fsp3) is 0.450. The number of alkyl halides is 3. The highest BCUT2D eigenvalue weighted by Gasteiger charge is 2.31. The van der Waals surface area contributed by atoms with Gasteiger partial charge in [-0.2, -0.15) is 0 Å². The molecule has 29 heavy (non-hydrogen) atoms. The van der Waals surface area contributed by atoms with Crippen molar-refractivity contribution in [2.75, 3.05) is 18.0 Å². The predicted octanol–water partition coefficient (Wildman–Crippen LogP) is 3.52. The number of aryl methyl sites for hydroxylation is 2. The molecule has 1 atom stereocenters. The number of hydrogen-bond acceptors (Lipinski definition) is 5. The van der Waals surface area contributed by atoms with Crippen LogP contribution in [0.15, 0.2) is 30.3 Å². The van der Waals surface area contributed by atoms with Gasteiger partial charge in [0, 0.05) is 31.0 Å². The summed E-state index contributed by atoms with van der Waals surface area (Å²) in [7, 11) is 0. The van der Waals surface area contributed by atoms with E-state index in [1.165, 1.54) is 24.3 Å². The summed E-state index contributed by atoms with van der Waals surface area (Å²) in [6.07, 6.45) is -3.09. The minimum Gasteiger partial charge on any atom is -0.406 e. The van der Waals surface area contributed by atoms with Gasteiger partial charge in [-0.15, -0.1) is 13.2 Å². The molecule has 2 aromatic rings. The Morgan fingerprint density at radius 2 is 1.86 bits per heavy atom. The van der Waals surface area contributed by atoms with Gasteiger partial charge in [-0.05, 0) is 50.5 Å². The number of aromatic nitrogens is 2. The smallest absolute Gasteiger partial charge is 0.406 e. The molecular weight excluding hydrogens is 385 g/mol. The van der Waals surface area contributed by atoms with Gasteiger partial charge in [-0.25, -0.2) is 9.97 Å². The summed E-state index contributed by atoms with van der Waals surface area (Å²) in [6, 6.07) is 7.36. The Labute approximate surface area is 167 Å². The van der Waals surface area contributed by atoms with Crippen LogP contribution in [0.2, 0.25) is 0 Å². The fourth-order valence-corrected chi connectivity index (χ4v) is 3.36. The van der Waals surface area contributed by atoms with Crippen LogP contribution in [0.25, 0.3) is 0 Å². The van der Waals surface area contributed by atoms with Crippen LogP contribution in [-0.4, -0.2) is 35.3 Å². The third-order valence-corrected chi connectivity index (χ3v) is 4.67. The minimum absolute atomic E-state index is 0.0882. The molecule has 1 aromatic heterocycles. The number of carbonyl (C=O) groups is 1. The maximum atomic E-state index is 12.6. The van der Waals surface area contributed by atoms with Crippen LogP contribution in [0.4, 0.5) is 19.1 Å². The van der Waals surface area contributed by atoms with Gasteiger partial charge in [0.1, 0.15) is 5.75 Å². The third kappa shape index (κ3) is 6.07. The molecule has 1 aromatic carbocycles. The van der Waals surface area contributed by atoms with Crippen LogP contribution < -0.4 is 15.0 Å². The number of nitrogens with one attached hydrogen (secondary N) is 1. The molecule has 1 N–H and O–H groups in total. The van der Waals surface area contributed by atoms with Gasteiger partial charge in [-0.3, -0.25) is 4.79 Å². The van der Waals surface area contributed by atoms with Crippen molar-refractivity contribution in [1.82, 2.24) is 15.3 Å². The fourth-order valence-electron chi connectivity index (χ4n) is 3.36. The van der Waals surface area contributed by atoms with Crippen molar-refractivity contribution in [2.45, 2.75) is 39.6 Å². The summed E-state index contributed by atoms with van der Waals surface area (Å²) in [6.45, 7) is 5.40. The molecule has 0 aliphatic carbocycles. The van der Waals surface area contributed by atoms with E-state index in [4.69, 9.17) is 0 Å². The molecule has 0 radical (unpaired) electrons. The topological polar surface area (TPSA) is 67.4 Å². The Kier molecular flexibility index (Phi) is 6.24. The van der Waals surface area contributed by atoms with Crippen LogP contribution in [0, 0.1) is 19.8 Å². The zero-order valence-electron chi connectivity index (χ0n) is 16.3. The van der Waals surface area contributed by atoms with Crippen LogP contribution in [0.1, 0.15) is 29.8 Å². The highest BCUT2D eigenvalue weighted by atomic mass is 19.4. The van der Waals surface area contributed by atoms with Gasteiger partial charge < -0.3 is 15.0 Å². The number of hydrogen-bond donors (Lipinski definition) is 1. The van der Waals surface area contributed by atoms with Crippen molar-refractivity contribution < 1.29 is 22.7 Å². The Hall–Kier alpha value is -2.84. The summed E-state index contributed by atoms with van der Waals surface area (Å²) in [5.74, 6) is 0.0693. The van der Waals surface area contributed by atoms with Crippen LogP contribution >= 0.6 is 0 Å². The molecule has 1 aliphatic heterocycles. The molecule has 1 unspecified atom stereocenters. The SMILES string of the molecule is Cc1cc(C)nc(N2CCCC(C(=O)NCc3ccc(OC(F)(F)F)cc3)C2)n1. The molecule has 1 aliphatic rings.